The van der Waals surface area contributed by atoms with Crippen LogP contribution in [0.3, 0.4) is 0 Å². The predicted molar refractivity (Wildman–Crippen MR) is 77.3 cm³/mol. The summed E-state index contributed by atoms with van der Waals surface area (Å²) in [5, 5.41) is 22.9. The van der Waals surface area contributed by atoms with Crippen LogP contribution in [0.5, 0.6) is 11.5 Å². The Morgan fingerprint density at radius 1 is 1.21 bits per heavy atom. The number of rotatable bonds is 3. The van der Waals surface area contributed by atoms with Gasteiger partial charge >= 0.3 is 0 Å². The Bertz CT molecular complexity index is 433. The molecular weight excluding hydrogens is 238 g/mol. The second kappa shape index (κ2) is 5.83. The Morgan fingerprint density at radius 3 is 2.58 bits per heavy atom. The van der Waals surface area contributed by atoms with Gasteiger partial charge in [0.25, 0.3) is 0 Å². The highest BCUT2D eigenvalue weighted by atomic mass is 16.3. The Hall–Kier alpha value is -1.22. The van der Waals surface area contributed by atoms with Crippen molar-refractivity contribution in [2.45, 2.75) is 52.1 Å². The molecule has 3 heteroatoms. The fourth-order valence-electron chi connectivity index (χ4n) is 3.22. The maximum Gasteiger partial charge on any atom is 0.124 e. The van der Waals surface area contributed by atoms with E-state index in [9.17, 15) is 10.2 Å². The molecule has 4 atom stereocenters. The molecule has 3 N–H and O–H groups in total. The molecule has 3 nitrogen and oxygen atoms in total. The van der Waals surface area contributed by atoms with Gasteiger partial charge in [0.1, 0.15) is 11.5 Å². The highest BCUT2D eigenvalue weighted by Gasteiger charge is 2.26. The first-order valence-corrected chi connectivity index (χ1v) is 7.25. The number of hydrogen-bond acceptors (Lipinski definition) is 3. The standard InChI is InChI=1S/C16H25NO2/c1-10-4-7-15(11(2)8-10)17-12(3)14-6-5-13(18)9-16(14)19/h5-6,9-12,15,17-19H,4,7-8H2,1-3H3. The summed E-state index contributed by atoms with van der Waals surface area (Å²) in [6, 6.07) is 5.43. The van der Waals surface area contributed by atoms with Crippen LogP contribution < -0.4 is 5.32 Å². The van der Waals surface area contributed by atoms with Gasteiger partial charge in [-0.3, -0.25) is 0 Å². The van der Waals surface area contributed by atoms with E-state index in [2.05, 4.69) is 26.1 Å². The van der Waals surface area contributed by atoms with E-state index in [0.29, 0.717) is 12.0 Å². The lowest BCUT2D eigenvalue weighted by atomic mass is 9.79. The van der Waals surface area contributed by atoms with Crippen LogP contribution in [0.2, 0.25) is 0 Å². The minimum atomic E-state index is 0.0986. The summed E-state index contributed by atoms with van der Waals surface area (Å²) in [4.78, 5) is 0. The minimum absolute atomic E-state index is 0.0986. The van der Waals surface area contributed by atoms with Crippen molar-refractivity contribution in [3.8, 4) is 11.5 Å². The molecule has 19 heavy (non-hydrogen) atoms. The SMILES string of the molecule is CC1CCC(NC(C)c2ccc(O)cc2O)C(C)C1. The average molecular weight is 263 g/mol. The smallest absolute Gasteiger partial charge is 0.124 e. The maximum atomic E-state index is 9.90. The molecule has 1 aliphatic carbocycles. The van der Waals surface area contributed by atoms with Crippen molar-refractivity contribution < 1.29 is 10.2 Å². The van der Waals surface area contributed by atoms with Gasteiger partial charge in [0.2, 0.25) is 0 Å². The van der Waals surface area contributed by atoms with Gasteiger partial charge in [-0.1, -0.05) is 19.9 Å². The topological polar surface area (TPSA) is 52.5 Å². The Morgan fingerprint density at radius 2 is 1.95 bits per heavy atom. The van der Waals surface area contributed by atoms with Gasteiger partial charge in [-0.15, -0.1) is 0 Å². The lowest BCUT2D eigenvalue weighted by Crippen LogP contribution is -2.40. The molecule has 0 aromatic heterocycles. The molecule has 0 bridgehead atoms. The number of benzene rings is 1. The van der Waals surface area contributed by atoms with Crippen molar-refractivity contribution in [1.29, 1.82) is 0 Å². The predicted octanol–water partition coefficient (Wildman–Crippen LogP) is 3.57. The Kier molecular flexibility index (Phi) is 4.35. The number of phenolic OH excluding ortho intramolecular Hbond substituents is 2. The van der Waals surface area contributed by atoms with E-state index in [4.69, 9.17) is 0 Å². The molecule has 1 aromatic carbocycles. The van der Waals surface area contributed by atoms with E-state index in [1.165, 1.54) is 25.3 Å². The lowest BCUT2D eigenvalue weighted by molar-refractivity contribution is 0.215. The van der Waals surface area contributed by atoms with Gasteiger partial charge in [-0.25, -0.2) is 0 Å². The lowest BCUT2D eigenvalue weighted by Gasteiger charge is -2.35. The zero-order valence-electron chi connectivity index (χ0n) is 12.1. The quantitative estimate of drug-likeness (QED) is 0.781. The molecule has 0 saturated heterocycles. The summed E-state index contributed by atoms with van der Waals surface area (Å²) >= 11 is 0. The second-order valence-corrected chi connectivity index (χ2v) is 6.13. The summed E-state index contributed by atoms with van der Waals surface area (Å²) in [6.07, 6.45) is 3.74. The fraction of sp³-hybridized carbons (Fsp3) is 0.625. The number of hydrogen-bond donors (Lipinski definition) is 3. The molecule has 0 heterocycles. The minimum Gasteiger partial charge on any atom is -0.508 e. The van der Waals surface area contributed by atoms with Crippen LogP contribution >= 0.6 is 0 Å². The van der Waals surface area contributed by atoms with E-state index >= 15 is 0 Å². The first-order valence-electron chi connectivity index (χ1n) is 7.25. The number of phenols is 2. The molecule has 0 spiro atoms. The summed E-state index contributed by atoms with van der Waals surface area (Å²) in [6.45, 7) is 6.69. The van der Waals surface area contributed by atoms with Crippen molar-refractivity contribution in [1.82, 2.24) is 5.32 Å². The van der Waals surface area contributed by atoms with Crippen LogP contribution in [0.4, 0.5) is 0 Å². The average Bonchev–Trinajstić information content (AvgIpc) is 2.32. The van der Waals surface area contributed by atoms with Crippen molar-refractivity contribution in [2.75, 3.05) is 0 Å². The summed E-state index contributed by atoms with van der Waals surface area (Å²) < 4.78 is 0. The molecule has 0 aliphatic heterocycles. The van der Waals surface area contributed by atoms with Crippen LogP contribution in [-0.4, -0.2) is 16.3 Å². The maximum absolute atomic E-state index is 9.90. The van der Waals surface area contributed by atoms with E-state index < -0.39 is 0 Å². The largest absolute Gasteiger partial charge is 0.508 e. The van der Waals surface area contributed by atoms with Gasteiger partial charge < -0.3 is 15.5 Å². The van der Waals surface area contributed by atoms with Crippen LogP contribution in [0.15, 0.2) is 18.2 Å². The van der Waals surface area contributed by atoms with Gasteiger partial charge in [-0.2, -0.15) is 0 Å². The highest BCUT2D eigenvalue weighted by Crippen LogP contribution is 2.32. The van der Waals surface area contributed by atoms with E-state index in [-0.39, 0.29) is 17.5 Å². The fourth-order valence-corrected chi connectivity index (χ4v) is 3.22. The number of nitrogens with one attached hydrogen (secondary N) is 1. The van der Waals surface area contributed by atoms with Crippen molar-refractivity contribution >= 4 is 0 Å². The molecule has 1 saturated carbocycles. The van der Waals surface area contributed by atoms with Crippen LogP contribution in [-0.2, 0) is 0 Å². The highest BCUT2D eigenvalue weighted by molar-refractivity contribution is 5.40. The molecule has 4 unspecified atom stereocenters. The third-order valence-corrected chi connectivity index (χ3v) is 4.38. The number of aromatic hydroxyl groups is 2. The first kappa shape index (κ1) is 14.2. The molecule has 1 aromatic rings. The van der Waals surface area contributed by atoms with Crippen molar-refractivity contribution in [3.63, 3.8) is 0 Å². The van der Waals surface area contributed by atoms with E-state index in [1.54, 1.807) is 12.1 Å². The summed E-state index contributed by atoms with van der Waals surface area (Å²) in [5.41, 5.74) is 0.851. The molecular formula is C16H25NO2. The molecule has 1 aliphatic rings. The Balaban J connectivity index is 2.02. The Labute approximate surface area is 115 Å². The normalized spacial score (nSPS) is 29.1. The molecule has 1 fully saturated rings. The van der Waals surface area contributed by atoms with E-state index in [0.717, 1.165) is 11.5 Å². The van der Waals surface area contributed by atoms with Gasteiger partial charge in [0.05, 0.1) is 0 Å². The third kappa shape index (κ3) is 3.41. The third-order valence-electron chi connectivity index (χ3n) is 4.38. The zero-order valence-corrected chi connectivity index (χ0v) is 12.1. The summed E-state index contributed by atoms with van der Waals surface area (Å²) in [7, 11) is 0. The van der Waals surface area contributed by atoms with Gasteiger partial charge in [-0.05, 0) is 44.1 Å². The van der Waals surface area contributed by atoms with Gasteiger partial charge in [0, 0.05) is 23.7 Å². The zero-order chi connectivity index (χ0) is 14.0. The molecule has 0 amide bonds. The summed E-state index contributed by atoms with van der Waals surface area (Å²) in [5.74, 6) is 1.76. The monoisotopic (exact) mass is 263 g/mol. The van der Waals surface area contributed by atoms with Crippen LogP contribution in [0, 0.1) is 11.8 Å². The van der Waals surface area contributed by atoms with Crippen LogP contribution in [0.1, 0.15) is 51.6 Å². The second-order valence-electron chi connectivity index (χ2n) is 6.13. The molecule has 0 radical (unpaired) electrons. The van der Waals surface area contributed by atoms with Crippen molar-refractivity contribution in [3.05, 3.63) is 23.8 Å². The van der Waals surface area contributed by atoms with Gasteiger partial charge in [0.15, 0.2) is 0 Å². The van der Waals surface area contributed by atoms with E-state index in [1.807, 2.05) is 0 Å². The molecule has 2 rings (SSSR count). The van der Waals surface area contributed by atoms with Crippen molar-refractivity contribution in [2.24, 2.45) is 11.8 Å². The molecule has 106 valence electrons. The van der Waals surface area contributed by atoms with Crippen LogP contribution in [0.25, 0.3) is 0 Å². The first-order chi connectivity index (χ1) is 8.97.